The molecule has 3 fully saturated rings. The zero-order valence-electron chi connectivity index (χ0n) is 18.2. The molecule has 6 nitrogen and oxygen atoms in total. The number of methoxy groups -OCH3 is 2. The molecule has 0 aliphatic carbocycles. The number of halogens is 2. The smallest absolute Gasteiger partial charge is 0.275 e. The van der Waals surface area contributed by atoms with Gasteiger partial charge < -0.3 is 26.8 Å². The molecule has 1 unspecified atom stereocenters. The first-order valence-electron chi connectivity index (χ1n) is 10.8. The lowest BCUT2D eigenvalue weighted by Gasteiger charge is -2.41. The van der Waals surface area contributed by atoms with Gasteiger partial charge in [0.05, 0.1) is 38.4 Å². The number of aromatic nitrogens is 2. The van der Waals surface area contributed by atoms with Crippen LogP contribution in [0.4, 0.5) is 4.39 Å². The summed E-state index contributed by atoms with van der Waals surface area (Å²) in [5.74, 6) is 1.30. The zero-order valence-corrected chi connectivity index (χ0v) is 19.0. The van der Waals surface area contributed by atoms with E-state index in [0.717, 1.165) is 36.0 Å². The second kappa shape index (κ2) is 9.08. The Bertz CT molecular complexity index is 1170. The Morgan fingerprint density at radius 2 is 1.69 bits per heavy atom. The van der Waals surface area contributed by atoms with Crippen molar-refractivity contribution in [1.29, 1.82) is 0 Å². The average molecular weight is 460 g/mol. The molecule has 4 heterocycles. The SMILES string of the molecule is COc1cc2c(Cc3ccc(F)cc3)nn(C3C[NH+]4CCC3CC4)c(=O)c2cc1OC.[Cl-]. The predicted octanol–water partition coefficient (Wildman–Crippen LogP) is -1.00. The summed E-state index contributed by atoms with van der Waals surface area (Å²) >= 11 is 0. The number of hydrogen-bond donors (Lipinski definition) is 1. The van der Waals surface area contributed by atoms with Gasteiger partial charge in [0.1, 0.15) is 18.4 Å². The van der Waals surface area contributed by atoms with Crippen LogP contribution < -0.4 is 32.3 Å². The summed E-state index contributed by atoms with van der Waals surface area (Å²) in [6.45, 7) is 3.29. The van der Waals surface area contributed by atoms with Gasteiger partial charge in [-0.3, -0.25) is 4.79 Å². The molecule has 1 aromatic heterocycles. The summed E-state index contributed by atoms with van der Waals surface area (Å²) in [7, 11) is 3.15. The third kappa shape index (κ3) is 3.95. The highest BCUT2D eigenvalue weighted by atomic mass is 35.5. The number of piperidine rings is 3. The van der Waals surface area contributed by atoms with E-state index < -0.39 is 0 Å². The first-order valence-corrected chi connectivity index (χ1v) is 10.8. The maximum Gasteiger partial charge on any atom is 0.275 e. The highest BCUT2D eigenvalue weighted by Crippen LogP contribution is 2.34. The number of fused-ring (bicyclic) bond motifs is 4. The fraction of sp³-hybridized carbons (Fsp3) is 0.417. The molecule has 2 bridgehead atoms. The van der Waals surface area contributed by atoms with E-state index in [4.69, 9.17) is 14.6 Å². The fourth-order valence-electron chi connectivity index (χ4n) is 5.18. The van der Waals surface area contributed by atoms with Crippen molar-refractivity contribution in [2.24, 2.45) is 5.92 Å². The highest BCUT2D eigenvalue weighted by molar-refractivity contribution is 5.87. The van der Waals surface area contributed by atoms with Crippen LogP contribution in [-0.4, -0.2) is 43.6 Å². The topological polar surface area (TPSA) is 57.8 Å². The Morgan fingerprint density at radius 1 is 1.06 bits per heavy atom. The van der Waals surface area contributed by atoms with E-state index in [1.807, 2.05) is 6.07 Å². The number of hydrogen-bond acceptors (Lipinski definition) is 4. The highest BCUT2D eigenvalue weighted by Gasteiger charge is 2.40. The molecular weight excluding hydrogens is 433 g/mol. The van der Waals surface area contributed by atoms with E-state index in [1.54, 1.807) is 42.0 Å². The van der Waals surface area contributed by atoms with Crippen molar-refractivity contribution >= 4 is 10.8 Å². The minimum absolute atomic E-state index is 0. The van der Waals surface area contributed by atoms with Crippen molar-refractivity contribution < 1.29 is 31.2 Å². The van der Waals surface area contributed by atoms with Gasteiger partial charge in [0.2, 0.25) is 0 Å². The maximum absolute atomic E-state index is 13.6. The predicted molar refractivity (Wildman–Crippen MR) is 116 cm³/mol. The number of benzene rings is 2. The van der Waals surface area contributed by atoms with Crippen LogP contribution in [0, 0.1) is 11.7 Å². The lowest BCUT2D eigenvalue weighted by Crippen LogP contribution is -3.15. The third-order valence-electron chi connectivity index (χ3n) is 6.88. The molecular formula is C24H27ClFN3O3. The summed E-state index contributed by atoms with van der Waals surface area (Å²) in [6, 6.07) is 10.1. The van der Waals surface area contributed by atoms with Crippen molar-refractivity contribution in [3.8, 4) is 11.5 Å². The lowest BCUT2D eigenvalue weighted by atomic mass is 9.84. The molecule has 3 aromatic rings. The average Bonchev–Trinajstić information content (AvgIpc) is 2.82. The zero-order chi connectivity index (χ0) is 21.5. The monoisotopic (exact) mass is 459 g/mol. The molecule has 0 saturated carbocycles. The molecule has 8 heteroatoms. The van der Waals surface area contributed by atoms with Gasteiger partial charge in [-0.15, -0.1) is 0 Å². The minimum atomic E-state index is -0.270. The van der Waals surface area contributed by atoms with Crippen LogP contribution in [0.3, 0.4) is 0 Å². The van der Waals surface area contributed by atoms with Crippen molar-refractivity contribution in [2.75, 3.05) is 33.9 Å². The number of rotatable bonds is 5. The summed E-state index contributed by atoms with van der Waals surface area (Å²) in [6.07, 6.45) is 2.76. The van der Waals surface area contributed by atoms with E-state index in [-0.39, 0.29) is 29.8 Å². The molecule has 0 spiro atoms. The molecule has 0 amide bonds. The van der Waals surface area contributed by atoms with Crippen molar-refractivity contribution in [3.63, 3.8) is 0 Å². The van der Waals surface area contributed by atoms with Crippen molar-refractivity contribution in [2.45, 2.75) is 25.3 Å². The van der Waals surface area contributed by atoms with Gasteiger partial charge in [-0.05, 0) is 35.7 Å². The Balaban J connectivity index is 0.00000245. The van der Waals surface area contributed by atoms with E-state index in [1.165, 1.54) is 25.2 Å². The summed E-state index contributed by atoms with van der Waals surface area (Å²) in [5.41, 5.74) is 1.64. The Labute approximate surface area is 192 Å². The number of nitrogens with zero attached hydrogens (tertiary/aromatic N) is 2. The number of ether oxygens (including phenoxy) is 2. The fourth-order valence-corrected chi connectivity index (χ4v) is 5.18. The van der Waals surface area contributed by atoms with Gasteiger partial charge in [-0.1, -0.05) is 12.1 Å². The molecule has 3 aliphatic rings. The first-order chi connectivity index (χ1) is 15.1. The van der Waals surface area contributed by atoms with E-state index >= 15 is 0 Å². The molecule has 32 heavy (non-hydrogen) atoms. The third-order valence-corrected chi connectivity index (χ3v) is 6.88. The molecule has 2 aromatic carbocycles. The number of quaternary nitrogens is 1. The van der Waals surface area contributed by atoms with Crippen molar-refractivity contribution in [3.05, 3.63) is 63.8 Å². The molecule has 6 rings (SSSR count). The van der Waals surface area contributed by atoms with Gasteiger partial charge in [-0.25, -0.2) is 9.07 Å². The summed E-state index contributed by atoms with van der Waals surface area (Å²) < 4.78 is 26.1. The van der Waals surface area contributed by atoms with Crippen LogP contribution in [0.2, 0.25) is 0 Å². The van der Waals surface area contributed by atoms with Crippen LogP contribution in [0.15, 0.2) is 41.2 Å². The van der Waals surface area contributed by atoms with E-state index in [0.29, 0.717) is 29.2 Å². The lowest BCUT2D eigenvalue weighted by molar-refractivity contribution is -0.919. The van der Waals surface area contributed by atoms with Crippen LogP contribution in [-0.2, 0) is 6.42 Å². The Kier molecular flexibility index (Phi) is 6.40. The molecule has 3 saturated heterocycles. The molecule has 1 atom stereocenters. The Morgan fingerprint density at radius 3 is 2.25 bits per heavy atom. The summed E-state index contributed by atoms with van der Waals surface area (Å²) in [5, 5.41) is 6.22. The standard InChI is InChI=1S/C24H26FN3O3.ClH/c1-30-22-12-18-19(13-23(22)31-2)24(29)28(21-14-27-9-7-16(21)8-10-27)26-20(18)11-15-3-5-17(25)6-4-15;/h3-6,12-13,16,21H,7-11,14H2,1-2H3;1H. The van der Waals surface area contributed by atoms with Crippen LogP contribution in [0.1, 0.15) is 30.1 Å². The van der Waals surface area contributed by atoms with Gasteiger partial charge in [-0.2, -0.15) is 5.10 Å². The first kappa shape index (κ1) is 22.6. The quantitative estimate of drug-likeness (QED) is 0.531. The normalized spacial score (nSPS) is 21.9. The molecule has 1 N–H and O–H groups in total. The van der Waals surface area contributed by atoms with Crippen LogP contribution in [0.5, 0.6) is 11.5 Å². The molecule has 170 valence electrons. The maximum atomic E-state index is 13.6. The second-order valence-electron chi connectivity index (χ2n) is 8.61. The molecule has 0 radical (unpaired) electrons. The van der Waals surface area contributed by atoms with E-state index in [2.05, 4.69) is 0 Å². The second-order valence-corrected chi connectivity index (χ2v) is 8.61. The van der Waals surface area contributed by atoms with Crippen molar-refractivity contribution in [1.82, 2.24) is 9.78 Å². The van der Waals surface area contributed by atoms with Gasteiger partial charge in [0.15, 0.2) is 11.5 Å². The van der Waals surface area contributed by atoms with E-state index in [9.17, 15) is 9.18 Å². The summed E-state index contributed by atoms with van der Waals surface area (Å²) in [4.78, 5) is 15.1. The van der Waals surface area contributed by atoms with Crippen LogP contribution in [0.25, 0.3) is 10.8 Å². The minimum Gasteiger partial charge on any atom is -1.00 e. The Hall–Kier alpha value is -2.64. The largest absolute Gasteiger partial charge is 1.00 e. The van der Waals surface area contributed by atoms with Gasteiger partial charge >= 0.3 is 0 Å². The van der Waals surface area contributed by atoms with Gasteiger partial charge in [0, 0.05) is 24.6 Å². The van der Waals surface area contributed by atoms with Gasteiger partial charge in [0.25, 0.3) is 5.56 Å². The molecule has 3 aliphatic heterocycles. The van der Waals surface area contributed by atoms with Crippen LogP contribution >= 0.6 is 0 Å². The number of nitrogens with one attached hydrogen (secondary N) is 1.